The number of imidazole rings is 1. The average molecular weight is 314 g/mol. The second-order valence-corrected chi connectivity index (χ2v) is 5.38. The van der Waals surface area contributed by atoms with Gasteiger partial charge in [-0.1, -0.05) is 25.5 Å². The highest BCUT2D eigenvalue weighted by atomic mass is 16.5. The third-order valence-electron chi connectivity index (χ3n) is 3.68. The third-order valence-corrected chi connectivity index (χ3v) is 3.68. The SMILES string of the molecule is CCCCc1cc(Cn2cncc2C=O)ccc1C(=O)OCC. The summed E-state index contributed by atoms with van der Waals surface area (Å²) in [7, 11) is 0. The molecule has 0 saturated heterocycles. The minimum Gasteiger partial charge on any atom is -0.462 e. The predicted molar refractivity (Wildman–Crippen MR) is 87.7 cm³/mol. The first kappa shape index (κ1) is 16.9. The number of esters is 1. The van der Waals surface area contributed by atoms with E-state index in [9.17, 15) is 9.59 Å². The first-order chi connectivity index (χ1) is 11.2. The minimum atomic E-state index is -0.277. The van der Waals surface area contributed by atoms with Gasteiger partial charge in [-0.05, 0) is 37.0 Å². The van der Waals surface area contributed by atoms with Crippen molar-refractivity contribution in [2.24, 2.45) is 0 Å². The lowest BCUT2D eigenvalue weighted by Gasteiger charge is -2.12. The molecule has 1 heterocycles. The summed E-state index contributed by atoms with van der Waals surface area (Å²) in [6.45, 7) is 4.84. The van der Waals surface area contributed by atoms with Crippen molar-refractivity contribution in [1.82, 2.24) is 9.55 Å². The summed E-state index contributed by atoms with van der Waals surface area (Å²) >= 11 is 0. The van der Waals surface area contributed by atoms with E-state index in [0.717, 1.165) is 36.7 Å². The lowest BCUT2D eigenvalue weighted by atomic mass is 9.99. The first-order valence-corrected chi connectivity index (χ1v) is 7.93. The molecule has 0 bridgehead atoms. The smallest absolute Gasteiger partial charge is 0.338 e. The van der Waals surface area contributed by atoms with Crippen molar-refractivity contribution in [2.45, 2.75) is 39.7 Å². The molecule has 0 aliphatic carbocycles. The van der Waals surface area contributed by atoms with Crippen LogP contribution in [0.3, 0.4) is 0 Å². The number of hydrogen-bond donors (Lipinski definition) is 0. The summed E-state index contributed by atoms with van der Waals surface area (Å²) < 4.78 is 6.92. The van der Waals surface area contributed by atoms with E-state index < -0.39 is 0 Å². The van der Waals surface area contributed by atoms with Crippen molar-refractivity contribution in [3.05, 3.63) is 53.1 Å². The van der Waals surface area contributed by atoms with E-state index in [0.29, 0.717) is 24.4 Å². The van der Waals surface area contributed by atoms with Gasteiger partial charge in [0.25, 0.3) is 0 Å². The van der Waals surface area contributed by atoms with Gasteiger partial charge in [0.2, 0.25) is 0 Å². The van der Waals surface area contributed by atoms with Crippen LogP contribution in [0.15, 0.2) is 30.7 Å². The first-order valence-electron chi connectivity index (χ1n) is 7.93. The van der Waals surface area contributed by atoms with Gasteiger partial charge in [-0.2, -0.15) is 0 Å². The summed E-state index contributed by atoms with van der Waals surface area (Å²) in [5.41, 5.74) is 3.20. The van der Waals surface area contributed by atoms with Crippen LogP contribution in [0.25, 0.3) is 0 Å². The molecule has 2 aromatic rings. The van der Waals surface area contributed by atoms with E-state index in [1.54, 1.807) is 17.8 Å². The Balaban J connectivity index is 2.27. The molecule has 2 rings (SSSR count). The van der Waals surface area contributed by atoms with E-state index in [4.69, 9.17) is 4.74 Å². The number of aromatic nitrogens is 2. The Morgan fingerprint density at radius 3 is 2.87 bits per heavy atom. The Kier molecular flexibility index (Phi) is 6.09. The summed E-state index contributed by atoms with van der Waals surface area (Å²) in [6, 6.07) is 5.74. The molecule has 0 amide bonds. The largest absolute Gasteiger partial charge is 0.462 e. The highest BCUT2D eigenvalue weighted by Gasteiger charge is 2.13. The Bertz CT molecular complexity index is 677. The van der Waals surface area contributed by atoms with Gasteiger partial charge in [0, 0.05) is 6.54 Å². The van der Waals surface area contributed by atoms with Crippen LogP contribution in [0.5, 0.6) is 0 Å². The number of hydrogen-bond acceptors (Lipinski definition) is 4. The highest BCUT2D eigenvalue weighted by Crippen LogP contribution is 2.17. The Morgan fingerprint density at radius 2 is 2.17 bits per heavy atom. The summed E-state index contributed by atoms with van der Waals surface area (Å²) in [5.74, 6) is -0.277. The standard InChI is InChI=1S/C18H22N2O3/c1-3-5-6-15-9-14(7-8-17(15)18(22)23-4-2)11-20-13-19-10-16(20)12-21/h7-10,12-13H,3-6,11H2,1-2H3. The zero-order valence-corrected chi connectivity index (χ0v) is 13.6. The normalized spacial score (nSPS) is 10.5. The number of benzene rings is 1. The van der Waals surface area contributed by atoms with Gasteiger partial charge in [0.15, 0.2) is 6.29 Å². The van der Waals surface area contributed by atoms with Crippen LogP contribution >= 0.6 is 0 Å². The quantitative estimate of drug-likeness (QED) is 0.554. The molecule has 0 spiro atoms. The fraction of sp³-hybridized carbons (Fsp3) is 0.389. The van der Waals surface area contributed by atoms with Gasteiger partial charge in [-0.15, -0.1) is 0 Å². The minimum absolute atomic E-state index is 0.277. The van der Waals surface area contributed by atoms with E-state index in [2.05, 4.69) is 11.9 Å². The van der Waals surface area contributed by atoms with E-state index >= 15 is 0 Å². The molecule has 5 nitrogen and oxygen atoms in total. The maximum atomic E-state index is 12.1. The van der Waals surface area contributed by atoms with Crippen molar-refractivity contribution >= 4 is 12.3 Å². The molecule has 0 N–H and O–H groups in total. The lowest BCUT2D eigenvalue weighted by Crippen LogP contribution is -2.10. The predicted octanol–water partition coefficient (Wildman–Crippen LogP) is 3.26. The topological polar surface area (TPSA) is 61.2 Å². The number of nitrogens with zero attached hydrogens (tertiary/aromatic N) is 2. The molecule has 5 heteroatoms. The van der Waals surface area contributed by atoms with Crippen molar-refractivity contribution in [2.75, 3.05) is 6.61 Å². The molecule has 0 aliphatic heterocycles. The maximum absolute atomic E-state index is 12.1. The number of aryl methyl sites for hydroxylation is 1. The van der Waals surface area contributed by atoms with Crippen molar-refractivity contribution in [1.29, 1.82) is 0 Å². The van der Waals surface area contributed by atoms with Crippen LogP contribution in [0.1, 0.15) is 58.7 Å². The van der Waals surface area contributed by atoms with Crippen LogP contribution in [-0.4, -0.2) is 28.4 Å². The molecule has 23 heavy (non-hydrogen) atoms. The molecule has 1 aromatic carbocycles. The number of carbonyl (C=O) groups excluding carboxylic acids is 2. The number of aldehydes is 1. The Morgan fingerprint density at radius 1 is 1.35 bits per heavy atom. The van der Waals surface area contributed by atoms with Crippen molar-refractivity contribution in [3.8, 4) is 0 Å². The van der Waals surface area contributed by atoms with Gasteiger partial charge in [-0.25, -0.2) is 9.78 Å². The zero-order valence-electron chi connectivity index (χ0n) is 13.6. The van der Waals surface area contributed by atoms with Gasteiger partial charge in [0.1, 0.15) is 5.69 Å². The van der Waals surface area contributed by atoms with E-state index in [1.165, 1.54) is 6.20 Å². The van der Waals surface area contributed by atoms with Crippen LogP contribution in [0.4, 0.5) is 0 Å². The molecule has 1 aromatic heterocycles. The van der Waals surface area contributed by atoms with Crippen LogP contribution in [0.2, 0.25) is 0 Å². The molecule has 0 saturated carbocycles. The number of carbonyl (C=O) groups is 2. The molecule has 0 aliphatic rings. The van der Waals surface area contributed by atoms with Crippen LogP contribution < -0.4 is 0 Å². The maximum Gasteiger partial charge on any atom is 0.338 e. The van der Waals surface area contributed by atoms with Crippen LogP contribution in [-0.2, 0) is 17.7 Å². The molecule has 0 unspecified atom stereocenters. The fourth-order valence-electron chi connectivity index (χ4n) is 2.49. The summed E-state index contributed by atoms with van der Waals surface area (Å²) in [5, 5.41) is 0. The lowest BCUT2D eigenvalue weighted by molar-refractivity contribution is 0.0525. The summed E-state index contributed by atoms with van der Waals surface area (Å²) in [4.78, 5) is 27.0. The Labute approximate surface area is 136 Å². The van der Waals surface area contributed by atoms with Gasteiger partial charge < -0.3 is 9.30 Å². The Hall–Kier alpha value is -2.43. The van der Waals surface area contributed by atoms with Gasteiger partial charge >= 0.3 is 5.97 Å². The zero-order chi connectivity index (χ0) is 16.7. The van der Waals surface area contributed by atoms with Crippen molar-refractivity contribution in [3.63, 3.8) is 0 Å². The third kappa shape index (κ3) is 4.28. The average Bonchev–Trinajstić information content (AvgIpc) is 3.00. The monoisotopic (exact) mass is 314 g/mol. The second kappa shape index (κ2) is 8.27. The second-order valence-electron chi connectivity index (χ2n) is 5.38. The number of rotatable bonds is 8. The van der Waals surface area contributed by atoms with Gasteiger partial charge in [-0.3, -0.25) is 4.79 Å². The number of ether oxygens (including phenoxy) is 1. The molecule has 0 fully saturated rings. The number of unbranched alkanes of at least 4 members (excludes halogenated alkanes) is 1. The van der Waals surface area contributed by atoms with E-state index in [1.807, 2.05) is 18.2 Å². The van der Waals surface area contributed by atoms with E-state index in [-0.39, 0.29) is 5.97 Å². The molecular formula is C18H22N2O3. The van der Waals surface area contributed by atoms with Gasteiger partial charge in [0.05, 0.1) is 24.7 Å². The molecule has 0 radical (unpaired) electrons. The highest BCUT2D eigenvalue weighted by molar-refractivity contribution is 5.91. The van der Waals surface area contributed by atoms with Crippen molar-refractivity contribution < 1.29 is 14.3 Å². The fourth-order valence-corrected chi connectivity index (χ4v) is 2.49. The van der Waals surface area contributed by atoms with Crippen LogP contribution in [0, 0.1) is 0 Å². The summed E-state index contributed by atoms with van der Waals surface area (Å²) in [6.07, 6.45) is 6.87. The molecular weight excluding hydrogens is 292 g/mol. The molecule has 122 valence electrons. The molecule has 0 atom stereocenters.